The van der Waals surface area contributed by atoms with E-state index in [-0.39, 0.29) is 0 Å². The van der Waals surface area contributed by atoms with E-state index in [4.69, 9.17) is 19.8 Å². The van der Waals surface area contributed by atoms with Crippen molar-refractivity contribution in [1.29, 1.82) is 5.26 Å². The Morgan fingerprint density at radius 2 is 1.81 bits per heavy atom. The number of nitrogens with zero attached hydrogens (tertiary/aromatic N) is 1. The van der Waals surface area contributed by atoms with Crippen LogP contribution in [0.5, 0.6) is 0 Å². The van der Waals surface area contributed by atoms with Crippen molar-refractivity contribution in [3.63, 3.8) is 0 Å². The van der Waals surface area contributed by atoms with Crippen molar-refractivity contribution in [3.8, 4) is 6.07 Å². The Hall–Kier alpha value is -1.09. The lowest BCUT2D eigenvalue weighted by atomic mass is 9.97. The molecule has 0 amide bonds. The maximum absolute atomic E-state index is 9.82. The van der Waals surface area contributed by atoms with Crippen molar-refractivity contribution in [1.82, 2.24) is 0 Å². The summed E-state index contributed by atoms with van der Waals surface area (Å²) in [6.07, 6.45) is -8.36. The molecule has 1 saturated heterocycles. The second-order valence-corrected chi connectivity index (χ2v) is 5.01. The largest absolute Gasteiger partial charge is 0.394 e. The Kier molecular flexibility index (Phi) is 4.62. The van der Waals surface area contributed by atoms with Gasteiger partial charge in [0, 0.05) is 0 Å². The molecule has 1 fully saturated rings. The Labute approximate surface area is 119 Å². The van der Waals surface area contributed by atoms with E-state index < -0.39 is 55.1 Å². The highest BCUT2D eigenvalue weighted by molar-refractivity contribution is 5.29. The van der Waals surface area contributed by atoms with E-state index in [1.807, 2.05) is 0 Å². The molecule has 0 radical (unpaired) electrons. The number of rotatable bonds is 3. The predicted octanol–water partition coefficient (Wildman–Crippen LogP) is -3.64. The van der Waals surface area contributed by atoms with Crippen LogP contribution in [0.25, 0.3) is 0 Å². The summed E-state index contributed by atoms with van der Waals surface area (Å²) in [5.74, 6) is 0. The van der Waals surface area contributed by atoms with Crippen LogP contribution in [-0.4, -0.2) is 85.8 Å². The fraction of sp³-hybridized carbons (Fsp3) is 0.750. The summed E-state index contributed by atoms with van der Waals surface area (Å²) in [5.41, 5.74) is -1.97. The molecule has 0 aromatic heterocycles. The minimum atomic E-state index is -1.97. The lowest BCUT2D eigenvalue weighted by Crippen LogP contribution is -2.61. The van der Waals surface area contributed by atoms with Gasteiger partial charge in [0.15, 0.2) is 6.29 Å². The smallest absolute Gasteiger partial charge is 0.204 e. The molecule has 0 spiro atoms. The number of nitriles is 1. The molecule has 118 valence electrons. The summed E-state index contributed by atoms with van der Waals surface area (Å²) >= 11 is 0. The van der Waals surface area contributed by atoms with Gasteiger partial charge in [0.1, 0.15) is 42.7 Å². The molecule has 0 unspecified atom stereocenters. The van der Waals surface area contributed by atoms with E-state index in [0.29, 0.717) is 0 Å². The number of hydrogen-bond donors (Lipinski definition) is 6. The van der Waals surface area contributed by atoms with Crippen LogP contribution in [-0.2, 0) is 9.47 Å². The molecule has 1 aliphatic heterocycles. The second-order valence-electron chi connectivity index (χ2n) is 5.01. The molecule has 0 saturated carbocycles. The predicted molar refractivity (Wildman–Crippen MR) is 64.3 cm³/mol. The molecule has 6 N–H and O–H groups in total. The van der Waals surface area contributed by atoms with Gasteiger partial charge in [-0.1, -0.05) is 6.08 Å². The molecule has 2 rings (SSSR count). The van der Waals surface area contributed by atoms with Crippen molar-refractivity contribution >= 4 is 0 Å². The molecular formula is C12H17NO8. The first kappa shape index (κ1) is 16.3. The topological polar surface area (TPSA) is 164 Å². The van der Waals surface area contributed by atoms with Crippen LogP contribution < -0.4 is 0 Å². The normalized spacial score (nSPS) is 50.0. The number of aliphatic hydroxyl groups excluding tert-OH is 6. The van der Waals surface area contributed by atoms with Crippen LogP contribution in [0.2, 0.25) is 0 Å². The van der Waals surface area contributed by atoms with Crippen LogP contribution in [0.1, 0.15) is 0 Å². The van der Waals surface area contributed by atoms with E-state index in [9.17, 15) is 25.5 Å². The van der Waals surface area contributed by atoms with Crippen LogP contribution >= 0.6 is 0 Å². The molecule has 1 heterocycles. The third kappa shape index (κ3) is 2.68. The summed E-state index contributed by atoms with van der Waals surface area (Å²) in [7, 11) is 0. The van der Waals surface area contributed by atoms with Gasteiger partial charge >= 0.3 is 0 Å². The molecule has 21 heavy (non-hydrogen) atoms. The van der Waals surface area contributed by atoms with E-state index in [0.717, 1.165) is 12.2 Å². The molecule has 1 aliphatic carbocycles. The molecule has 0 aromatic carbocycles. The van der Waals surface area contributed by atoms with Crippen molar-refractivity contribution in [2.45, 2.75) is 48.5 Å². The van der Waals surface area contributed by atoms with Gasteiger partial charge in [-0.15, -0.1) is 0 Å². The first-order valence-electron chi connectivity index (χ1n) is 6.31. The second kappa shape index (κ2) is 5.96. The number of ether oxygens (including phenoxy) is 2. The molecule has 9 heteroatoms. The first-order valence-corrected chi connectivity index (χ1v) is 6.31. The van der Waals surface area contributed by atoms with Crippen molar-refractivity contribution in [2.24, 2.45) is 0 Å². The highest BCUT2D eigenvalue weighted by Crippen LogP contribution is 2.32. The summed E-state index contributed by atoms with van der Waals surface area (Å²) in [6.45, 7) is -0.647. The van der Waals surface area contributed by atoms with Gasteiger partial charge in [-0.05, 0) is 6.08 Å². The van der Waals surface area contributed by atoms with E-state index in [2.05, 4.69) is 0 Å². The van der Waals surface area contributed by atoms with Crippen LogP contribution in [0.4, 0.5) is 0 Å². The Bertz CT molecular complexity index is 449. The monoisotopic (exact) mass is 303 g/mol. The molecular weight excluding hydrogens is 286 g/mol. The van der Waals surface area contributed by atoms with E-state index in [1.165, 1.54) is 0 Å². The van der Waals surface area contributed by atoms with Crippen LogP contribution in [0.3, 0.4) is 0 Å². The average Bonchev–Trinajstić information content (AvgIpc) is 2.77. The van der Waals surface area contributed by atoms with Gasteiger partial charge < -0.3 is 40.1 Å². The van der Waals surface area contributed by atoms with Gasteiger partial charge in [0.05, 0.1) is 6.61 Å². The SMILES string of the molecule is N#C[C@@]1(O[C@H]2O[C@@H](CO)[C@@H](O)[C@@H](O)[C@H]2O)C=C[C@@H](O)[C@H]1O. The van der Waals surface area contributed by atoms with Crippen molar-refractivity contribution < 1.29 is 40.1 Å². The molecule has 0 aromatic rings. The Morgan fingerprint density at radius 1 is 1.14 bits per heavy atom. The van der Waals surface area contributed by atoms with Gasteiger partial charge in [-0.3, -0.25) is 0 Å². The van der Waals surface area contributed by atoms with Gasteiger partial charge in [-0.2, -0.15) is 5.26 Å². The standard InChI is InChI=1S/C12H17NO8/c13-4-12(2-1-5(15)10(12)19)21-11-9(18)8(17)7(16)6(3-14)20-11/h1-2,5-11,14-19H,3H2/t5-,6+,7-,8-,9-,10-,11-,12+/m1/s1. The zero-order chi connectivity index (χ0) is 15.8. The molecule has 0 bridgehead atoms. The zero-order valence-corrected chi connectivity index (χ0v) is 10.9. The molecule has 8 atom stereocenters. The minimum Gasteiger partial charge on any atom is -0.394 e. The minimum absolute atomic E-state index is 0.647. The third-order valence-corrected chi connectivity index (χ3v) is 3.64. The molecule has 2 aliphatic rings. The molecule has 9 nitrogen and oxygen atoms in total. The average molecular weight is 303 g/mol. The van der Waals surface area contributed by atoms with E-state index in [1.54, 1.807) is 6.07 Å². The van der Waals surface area contributed by atoms with Crippen LogP contribution in [0.15, 0.2) is 12.2 Å². The van der Waals surface area contributed by atoms with Crippen molar-refractivity contribution in [2.75, 3.05) is 6.61 Å². The number of hydrogen-bond acceptors (Lipinski definition) is 9. The quantitative estimate of drug-likeness (QED) is 0.288. The van der Waals surface area contributed by atoms with Gasteiger partial charge in [0.2, 0.25) is 5.60 Å². The fourth-order valence-electron chi connectivity index (χ4n) is 2.29. The summed E-state index contributed by atoms with van der Waals surface area (Å²) in [5, 5.41) is 66.6. The van der Waals surface area contributed by atoms with Crippen molar-refractivity contribution in [3.05, 3.63) is 12.2 Å². The Balaban J connectivity index is 2.18. The summed E-state index contributed by atoms with van der Waals surface area (Å²) < 4.78 is 10.3. The van der Waals surface area contributed by atoms with Gasteiger partial charge in [-0.25, -0.2) is 0 Å². The first-order chi connectivity index (χ1) is 9.86. The van der Waals surface area contributed by atoms with E-state index >= 15 is 0 Å². The van der Waals surface area contributed by atoms with Crippen LogP contribution in [0, 0.1) is 11.3 Å². The maximum atomic E-state index is 9.82. The lowest BCUT2D eigenvalue weighted by molar-refractivity contribution is -0.322. The highest BCUT2D eigenvalue weighted by atomic mass is 16.7. The Morgan fingerprint density at radius 3 is 2.29 bits per heavy atom. The maximum Gasteiger partial charge on any atom is 0.204 e. The summed E-state index contributed by atoms with van der Waals surface area (Å²) in [6, 6.07) is 1.67. The summed E-state index contributed by atoms with van der Waals surface area (Å²) in [4.78, 5) is 0. The fourth-order valence-corrected chi connectivity index (χ4v) is 2.29. The van der Waals surface area contributed by atoms with Gasteiger partial charge in [0.25, 0.3) is 0 Å². The third-order valence-electron chi connectivity index (χ3n) is 3.64. The number of aliphatic hydroxyl groups is 6. The highest BCUT2D eigenvalue weighted by Gasteiger charge is 2.52. The zero-order valence-electron chi connectivity index (χ0n) is 10.9. The lowest BCUT2D eigenvalue weighted by Gasteiger charge is -2.42.